The SMILES string of the molecule is O=C(Cc1cccc(F)c1)N1C2CCC1CC(Cl)C2. The molecule has 2 saturated heterocycles. The van der Waals surface area contributed by atoms with Gasteiger partial charge in [0.25, 0.3) is 0 Å². The zero-order valence-corrected chi connectivity index (χ0v) is 11.4. The van der Waals surface area contributed by atoms with E-state index in [0.29, 0.717) is 12.1 Å². The summed E-state index contributed by atoms with van der Waals surface area (Å²) >= 11 is 6.21. The quantitative estimate of drug-likeness (QED) is 0.763. The van der Waals surface area contributed by atoms with Crippen LogP contribution in [0.15, 0.2) is 24.3 Å². The van der Waals surface area contributed by atoms with E-state index in [1.165, 1.54) is 12.1 Å². The zero-order chi connectivity index (χ0) is 13.4. The summed E-state index contributed by atoms with van der Waals surface area (Å²) in [6, 6.07) is 6.88. The van der Waals surface area contributed by atoms with Crippen LogP contribution in [0.1, 0.15) is 31.2 Å². The summed E-state index contributed by atoms with van der Waals surface area (Å²) in [6.07, 6.45) is 4.20. The molecule has 2 bridgehead atoms. The summed E-state index contributed by atoms with van der Waals surface area (Å²) in [6.45, 7) is 0. The molecule has 102 valence electrons. The van der Waals surface area contributed by atoms with Gasteiger partial charge in [0.15, 0.2) is 0 Å². The summed E-state index contributed by atoms with van der Waals surface area (Å²) in [5, 5.41) is 0.204. The van der Waals surface area contributed by atoms with Gasteiger partial charge in [-0.3, -0.25) is 4.79 Å². The summed E-state index contributed by atoms with van der Waals surface area (Å²) in [5.74, 6) is -0.172. The molecule has 0 radical (unpaired) electrons. The molecule has 2 unspecified atom stereocenters. The van der Waals surface area contributed by atoms with Crippen LogP contribution < -0.4 is 0 Å². The fourth-order valence-electron chi connectivity index (χ4n) is 3.43. The molecule has 0 saturated carbocycles. The molecular formula is C15H17ClFNO. The lowest BCUT2D eigenvalue weighted by molar-refractivity contribution is -0.134. The summed E-state index contributed by atoms with van der Waals surface area (Å²) < 4.78 is 13.1. The number of carbonyl (C=O) groups is 1. The van der Waals surface area contributed by atoms with Gasteiger partial charge in [0.1, 0.15) is 5.82 Å². The average molecular weight is 282 g/mol. The summed E-state index contributed by atoms with van der Waals surface area (Å²) in [4.78, 5) is 14.4. The second-order valence-electron chi connectivity index (χ2n) is 5.56. The molecule has 0 aliphatic carbocycles. The number of amides is 1. The second-order valence-corrected chi connectivity index (χ2v) is 6.18. The maximum absolute atomic E-state index is 13.1. The van der Waals surface area contributed by atoms with Crippen molar-refractivity contribution in [1.82, 2.24) is 4.90 Å². The lowest BCUT2D eigenvalue weighted by atomic mass is 10.0. The van der Waals surface area contributed by atoms with Crippen molar-refractivity contribution in [3.63, 3.8) is 0 Å². The smallest absolute Gasteiger partial charge is 0.227 e. The van der Waals surface area contributed by atoms with Crippen molar-refractivity contribution in [3.05, 3.63) is 35.6 Å². The third kappa shape index (κ3) is 2.62. The highest BCUT2D eigenvalue weighted by atomic mass is 35.5. The molecule has 0 N–H and O–H groups in total. The van der Waals surface area contributed by atoms with Crippen LogP contribution in [-0.2, 0) is 11.2 Å². The highest BCUT2D eigenvalue weighted by Gasteiger charge is 2.42. The lowest BCUT2D eigenvalue weighted by Crippen LogP contribution is -2.47. The monoisotopic (exact) mass is 281 g/mol. The third-order valence-corrected chi connectivity index (χ3v) is 4.56. The number of benzene rings is 1. The Morgan fingerprint density at radius 3 is 2.63 bits per heavy atom. The Bertz CT molecular complexity index is 479. The van der Waals surface area contributed by atoms with Crippen molar-refractivity contribution >= 4 is 17.5 Å². The van der Waals surface area contributed by atoms with Crippen molar-refractivity contribution in [2.24, 2.45) is 0 Å². The molecule has 1 amide bonds. The fraction of sp³-hybridized carbons (Fsp3) is 0.533. The minimum absolute atomic E-state index is 0.113. The first-order valence-corrected chi connectivity index (χ1v) is 7.27. The van der Waals surface area contributed by atoms with Crippen LogP contribution in [0.4, 0.5) is 4.39 Å². The molecule has 2 heterocycles. The van der Waals surface area contributed by atoms with Crippen LogP contribution in [0.5, 0.6) is 0 Å². The van der Waals surface area contributed by atoms with Crippen molar-refractivity contribution in [2.45, 2.75) is 49.6 Å². The first kappa shape index (κ1) is 12.9. The Morgan fingerprint density at radius 2 is 2.00 bits per heavy atom. The molecule has 1 aromatic carbocycles. The van der Waals surface area contributed by atoms with Gasteiger partial charge in [0.2, 0.25) is 5.91 Å². The topological polar surface area (TPSA) is 20.3 Å². The van der Waals surface area contributed by atoms with Crippen LogP contribution in [0.2, 0.25) is 0 Å². The largest absolute Gasteiger partial charge is 0.336 e. The molecule has 1 aromatic rings. The van der Waals surface area contributed by atoms with Crippen LogP contribution in [-0.4, -0.2) is 28.3 Å². The summed E-state index contributed by atoms with van der Waals surface area (Å²) in [7, 11) is 0. The van der Waals surface area contributed by atoms with E-state index in [1.54, 1.807) is 12.1 Å². The fourth-order valence-corrected chi connectivity index (χ4v) is 3.84. The number of piperidine rings is 1. The molecule has 2 aliphatic heterocycles. The Morgan fingerprint density at radius 1 is 1.32 bits per heavy atom. The Kier molecular flexibility index (Phi) is 3.48. The number of fused-ring (bicyclic) bond motifs is 2. The summed E-state index contributed by atoms with van der Waals surface area (Å²) in [5.41, 5.74) is 0.748. The average Bonchev–Trinajstić information content (AvgIpc) is 2.62. The Balaban J connectivity index is 1.71. The molecule has 2 nitrogen and oxygen atoms in total. The third-order valence-electron chi connectivity index (χ3n) is 4.21. The van der Waals surface area contributed by atoms with Gasteiger partial charge in [0, 0.05) is 17.5 Å². The number of rotatable bonds is 2. The van der Waals surface area contributed by atoms with Crippen molar-refractivity contribution in [3.8, 4) is 0 Å². The number of halogens is 2. The van der Waals surface area contributed by atoms with Crippen LogP contribution in [0, 0.1) is 5.82 Å². The van der Waals surface area contributed by atoms with Crippen molar-refractivity contribution < 1.29 is 9.18 Å². The molecule has 2 aliphatic rings. The van der Waals surface area contributed by atoms with Crippen LogP contribution in [0.25, 0.3) is 0 Å². The van der Waals surface area contributed by atoms with Crippen molar-refractivity contribution in [1.29, 1.82) is 0 Å². The van der Waals surface area contributed by atoms with Crippen molar-refractivity contribution in [2.75, 3.05) is 0 Å². The van der Waals surface area contributed by atoms with E-state index >= 15 is 0 Å². The maximum atomic E-state index is 13.1. The minimum Gasteiger partial charge on any atom is -0.336 e. The van der Waals surface area contributed by atoms with Gasteiger partial charge >= 0.3 is 0 Å². The normalized spacial score (nSPS) is 29.6. The van der Waals surface area contributed by atoms with Gasteiger partial charge in [-0.05, 0) is 43.4 Å². The minimum atomic E-state index is -0.285. The van der Waals surface area contributed by atoms with E-state index in [0.717, 1.165) is 31.2 Å². The van der Waals surface area contributed by atoms with Crippen LogP contribution >= 0.6 is 11.6 Å². The molecule has 2 fully saturated rings. The van der Waals surface area contributed by atoms with Gasteiger partial charge in [-0.1, -0.05) is 12.1 Å². The Hall–Kier alpha value is -1.09. The number of hydrogen-bond donors (Lipinski definition) is 0. The highest BCUT2D eigenvalue weighted by molar-refractivity contribution is 6.20. The number of hydrogen-bond acceptors (Lipinski definition) is 1. The predicted octanol–water partition coefficient (Wildman–Crippen LogP) is 3.13. The van der Waals surface area contributed by atoms with E-state index < -0.39 is 0 Å². The number of nitrogens with zero attached hydrogens (tertiary/aromatic N) is 1. The van der Waals surface area contributed by atoms with E-state index in [9.17, 15) is 9.18 Å². The molecule has 0 spiro atoms. The number of alkyl halides is 1. The van der Waals surface area contributed by atoms with E-state index in [2.05, 4.69) is 0 Å². The van der Waals surface area contributed by atoms with Gasteiger partial charge in [-0.25, -0.2) is 4.39 Å². The molecular weight excluding hydrogens is 265 g/mol. The van der Waals surface area contributed by atoms with E-state index in [1.807, 2.05) is 4.90 Å². The molecule has 19 heavy (non-hydrogen) atoms. The van der Waals surface area contributed by atoms with E-state index in [4.69, 9.17) is 11.6 Å². The second kappa shape index (κ2) is 5.12. The number of carbonyl (C=O) groups excluding carboxylic acids is 1. The first-order chi connectivity index (χ1) is 9.13. The highest BCUT2D eigenvalue weighted by Crippen LogP contribution is 2.38. The molecule has 3 rings (SSSR count). The maximum Gasteiger partial charge on any atom is 0.227 e. The van der Waals surface area contributed by atoms with Gasteiger partial charge in [-0.2, -0.15) is 0 Å². The lowest BCUT2D eigenvalue weighted by Gasteiger charge is -2.37. The van der Waals surface area contributed by atoms with Crippen LogP contribution in [0.3, 0.4) is 0 Å². The van der Waals surface area contributed by atoms with E-state index in [-0.39, 0.29) is 23.5 Å². The molecule has 2 atom stereocenters. The molecule has 4 heteroatoms. The first-order valence-electron chi connectivity index (χ1n) is 6.83. The standard InChI is InChI=1S/C15H17ClFNO/c16-11-8-13-4-5-14(9-11)18(13)15(19)7-10-2-1-3-12(17)6-10/h1-3,6,11,13-14H,4-5,7-9H2. The van der Waals surface area contributed by atoms with Gasteiger partial charge < -0.3 is 4.90 Å². The zero-order valence-electron chi connectivity index (χ0n) is 10.7. The Labute approximate surface area is 117 Å². The molecule has 0 aromatic heterocycles. The predicted molar refractivity (Wildman–Crippen MR) is 72.6 cm³/mol. The van der Waals surface area contributed by atoms with Gasteiger partial charge in [0.05, 0.1) is 6.42 Å². The van der Waals surface area contributed by atoms with Gasteiger partial charge in [-0.15, -0.1) is 11.6 Å².